The summed E-state index contributed by atoms with van der Waals surface area (Å²) in [4.78, 5) is 16.2. The number of aliphatic carboxylic acids is 1. The molecule has 0 aliphatic rings. The zero-order chi connectivity index (χ0) is 13.3. The Morgan fingerprint density at radius 1 is 1.22 bits per heavy atom. The number of aryl methyl sites for hydroxylation is 3. The van der Waals surface area contributed by atoms with Gasteiger partial charge in [-0.2, -0.15) is 0 Å². The van der Waals surface area contributed by atoms with Crippen LogP contribution in [0.3, 0.4) is 0 Å². The monoisotopic (exact) mass is 261 g/mol. The number of thiazole rings is 1. The summed E-state index contributed by atoms with van der Waals surface area (Å²) in [6.07, 6.45) is -0.0212. The van der Waals surface area contributed by atoms with Crippen molar-refractivity contribution in [2.45, 2.75) is 27.2 Å². The number of nitrogens with zero attached hydrogens (tertiary/aromatic N) is 1. The van der Waals surface area contributed by atoms with Gasteiger partial charge in [-0.05, 0) is 26.3 Å². The Morgan fingerprint density at radius 3 is 2.39 bits per heavy atom. The molecule has 0 unspecified atom stereocenters. The normalized spacial score (nSPS) is 10.6. The zero-order valence-corrected chi connectivity index (χ0v) is 11.5. The van der Waals surface area contributed by atoms with E-state index < -0.39 is 5.97 Å². The van der Waals surface area contributed by atoms with Gasteiger partial charge in [0.25, 0.3) is 0 Å². The van der Waals surface area contributed by atoms with Gasteiger partial charge in [-0.3, -0.25) is 4.79 Å². The van der Waals surface area contributed by atoms with Gasteiger partial charge in [-0.25, -0.2) is 4.98 Å². The fourth-order valence-corrected chi connectivity index (χ4v) is 2.99. The molecular weight excluding hydrogens is 246 g/mol. The van der Waals surface area contributed by atoms with Crippen molar-refractivity contribution in [1.29, 1.82) is 0 Å². The molecule has 0 spiro atoms. The smallest absolute Gasteiger partial charge is 0.309 e. The maximum absolute atomic E-state index is 10.9. The van der Waals surface area contributed by atoms with Crippen LogP contribution in [-0.2, 0) is 11.2 Å². The lowest BCUT2D eigenvalue weighted by molar-refractivity contribution is -0.136. The van der Waals surface area contributed by atoms with E-state index in [9.17, 15) is 4.79 Å². The first-order chi connectivity index (χ1) is 8.45. The van der Waals surface area contributed by atoms with E-state index in [2.05, 4.69) is 23.2 Å². The lowest BCUT2D eigenvalue weighted by Crippen LogP contribution is -2.01. The van der Waals surface area contributed by atoms with E-state index >= 15 is 0 Å². The largest absolute Gasteiger partial charge is 0.481 e. The Bertz CT molecular complexity index is 582. The second-order valence-corrected chi connectivity index (χ2v) is 5.66. The lowest BCUT2D eigenvalue weighted by atomic mass is 10.0. The Balaban J connectivity index is 2.52. The summed E-state index contributed by atoms with van der Waals surface area (Å²) in [5.74, 6) is -0.842. The predicted molar refractivity (Wildman–Crippen MR) is 73.1 cm³/mol. The van der Waals surface area contributed by atoms with E-state index in [1.54, 1.807) is 11.3 Å². The van der Waals surface area contributed by atoms with Crippen LogP contribution < -0.4 is 0 Å². The zero-order valence-electron chi connectivity index (χ0n) is 10.7. The maximum Gasteiger partial charge on any atom is 0.309 e. The molecule has 0 radical (unpaired) electrons. The molecule has 0 fully saturated rings. The third kappa shape index (κ3) is 2.76. The Hall–Kier alpha value is -1.68. The van der Waals surface area contributed by atoms with Crippen LogP contribution in [0.2, 0.25) is 0 Å². The van der Waals surface area contributed by atoms with E-state index in [-0.39, 0.29) is 6.42 Å². The molecule has 0 amide bonds. The molecule has 0 atom stereocenters. The maximum atomic E-state index is 10.9. The molecular formula is C14H15NO2S. The highest BCUT2D eigenvalue weighted by molar-refractivity contribution is 7.15. The van der Waals surface area contributed by atoms with Crippen LogP contribution in [0.25, 0.3) is 10.4 Å². The number of hydrogen-bond donors (Lipinski definition) is 1. The molecule has 0 saturated carbocycles. The first-order valence-electron chi connectivity index (χ1n) is 5.72. The Kier molecular flexibility index (Phi) is 3.48. The van der Waals surface area contributed by atoms with Gasteiger partial charge in [0.15, 0.2) is 0 Å². The second kappa shape index (κ2) is 4.90. The predicted octanol–water partition coefficient (Wildman–Crippen LogP) is 3.36. The molecule has 0 aliphatic carbocycles. The highest BCUT2D eigenvalue weighted by Crippen LogP contribution is 2.31. The minimum absolute atomic E-state index is 0.0212. The van der Waals surface area contributed by atoms with Gasteiger partial charge in [0, 0.05) is 0 Å². The highest BCUT2D eigenvalue weighted by Gasteiger charge is 2.14. The molecule has 2 aromatic rings. The van der Waals surface area contributed by atoms with E-state index in [4.69, 9.17) is 5.11 Å². The number of carboxylic acid groups (broad SMARTS) is 1. The van der Waals surface area contributed by atoms with Crippen LogP contribution in [0.4, 0.5) is 0 Å². The summed E-state index contributed by atoms with van der Waals surface area (Å²) in [5, 5.41) is 9.82. The molecule has 3 nitrogen and oxygen atoms in total. The Morgan fingerprint density at radius 2 is 1.83 bits per heavy atom. The van der Waals surface area contributed by atoms with Crippen LogP contribution in [0.5, 0.6) is 0 Å². The molecule has 1 aromatic heterocycles. The van der Waals surface area contributed by atoms with E-state index in [1.165, 1.54) is 11.1 Å². The topological polar surface area (TPSA) is 50.2 Å². The van der Waals surface area contributed by atoms with Gasteiger partial charge < -0.3 is 5.11 Å². The van der Waals surface area contributed by atoms with E-state index in [1.807, 2.05) is 20.8 Å². The quantitative estimate of drug-likeness (QED) is 0.921. The molecule has 94 valence electrons. The number of benzene rings is 1. The van der Waals surface area contributed by atoms with Crippen LogP contribution >= 0.6 is 11.3 Å². The molecule has 1 N–H and O–H groups in total. The number of aromatic nitrogens is 1. The fraction of sp³-hybridized carbons (Fsp3) is 0.286. The fourth-order valence-electron chi connectivity index (χ4n) is 2.06. The number of carboxylic acids is 1. The summed E-state index contributed by atoms with van der Waals surface area (Å²) in [6.45, 7) is 5.99. The third-order valence-electron chi connectivity index (χ3n) is 2.61. The van der Waals surface area contributed by atoms with Gasteiger partial charge in [0.2, 0.25) is 0 Å². The standard InChI is InChI=1S/C14H15NO2S/c1-8-4-9(2)6-11(5-8)14-12(7-13(16)17)15-10(3)18-14/h4-6H,7H2,1-3H3,(H,16,17). The van der Waals surface area contributed by atoms with Gasteiger partial charge in [-0.15, -0.1) is 11.3 Å². The molecule has 0 aliphatic heterocycles. The second-order valence-electron chi connectivity index (χ2n) is 4.46. The van der Waals surface area contributed by atoms with Crippen molar-refractivity contribution in [2.24, 2.45) is 0 Å². The first kappa shape index (κ1) is 12.8. The Labute approximate surface area is 110 Å². The van der Waals surface area contributed by atoms with Gasteiger partial charge in [-0.1, -0.05) is 29.3 Å². The average Bonchev–Trinajstić information content (AvgIpc) is 2.56. The summed E-state index contributed by atoms with van der Waals surface area (Å²) >= 11 is 1.55. The van der Waals surface area contributed by atoms with Crippen molar-refractivity contribution in [1.82, 2.24) is 4.98 Å². The molecule has 1 heterocycles. The highest BCUT2D eigenvalue weighted by atomic mass is 32.1. The minimum Gasteiger partial charge on any atom is -0.481 e. The van der Waals surface area contributed by atoms with E-state index in [0.29, 0.717) is 5.69 Å². The summed E-state index contributed by atoms with van der Waals surface area (Å²) in [7, 11) is 0. The first-order valence-corrected chi connectivity index (χ1v) is 6.54. The lowest BCUT2D eigenvalue weighted by Gasteiger charge is -2.04. The molecule has 0 bridgehead atoms. The summed E-state index contributed by atoms with van der Waals surface area (Å²) in [6, 6.07) is 6.25. The van der Waals surface area contributed by atoms with Crippen LogP contribution in [0, 0.1) is 20.8 Å². The van der Waals surface area contributed by atoms with Crippen molar-refractivity contribution < 1.29 is 9.90 Å². The summed E-state index contributed by atoms with van der Waals surface area (Å²) < 4.78 is 0. The van der Waals surface area contributed by atoms with Crippen molar-refractivity contribution in [3.8, 4) is 10.4 Å². The SMILES string of the molecule is Cc1cc(C)cc(-c2sc(C)nc2CC(=O)O)c1. The van der Waals surface area contributed by atoms with Gasteiger partial charge in [0.05, 0.1) is 22.0 Å². The molecule has 0 saturated heterocycles. The van der Waals surface area contributed by atoms with Crippen molar-refractivity contribution in [2.75, 3.05) is 0 Å². The summed E-state index contributed by atoms with van der Waals surface area (Å²) in [5.41, 5.74) is 4.08. The third-order valence-corrected chi connectivity index (χ3v) is 3.67. The molecule has 4 heteroatoms. The number of rotatable bonds is 3. The van der Waals surface area contributed by atoms with E-state index in [0.717, 1.165) is 15.4 Å². The average molecular weight is 261 g/mol. The molecule has 1 aromatic carbocycles. The van der Waals surface area contributed by atoms with Crippen LogP contribution in [-0.4, -0.2) is 16.1 Å². The van der Waals surface area contributed by atoms with Gasteiger partial charge in [0.1, 0.15) is 0 Å². The van der Waals surface area contributed by atoms with Gasteiger partial charge >= 0.3 is 5.97 Å². The molecule has 2 rings (SSSR count). The molecule has 18 heavy (non-hydrogen) atoms. The van der Waals surface area contributed by atoms with Crippen molar-refractivity contribution in [3.05, 3.63) is 40.0 Å². The minimum atomic E-state index is -0.842. The van der Waals surface area contributed by atoms with Crippen LogP contribution in [0.1, 0.15) is 21.8 Å². The number of carbonyl (C=O) groups is 1. The van der Waals surface area contributed by atoms with Crippen LogP contribution in [0.15, 0.2) is 18.2 Å². The number of hydrogen-bond acceptors (Lipinski definition) is 3. The van der Waals surface area contributed by atoms with Crippen molar-refractivity contribution >= 4 is 17.3 Å². The van der Waals surface area contributed by atoms with Crippen molar-refractivity contribution in [3.63, 3.8) is 0 Å².